The van der Waals surface area contributed by atoms with Crippen molar-refractivity contribution in [2.75, 3.05) is 35.8 Å². The van der Waals surface area contributed by atoms with Gasteiger partial charge in [0.05, 0.1) is 17.7 Å². The maximum absolute atomic E-state index is 12.4. The molecule has 1 aromatic carbocycles. The topological polar surface area (TPSA) is 230 Å². The Hall–Kier alpha value is -4.12. The van der Waals surface area contributed by atoms with Gasteiger partial charge in [0.2, 0.25) is 11.9 Å². The first-order chi connectivity index (χ1) is 18.3. The van der Waals surface area contributed by atoms with E-state index in [4.69, 9.17) is 10.5 Å². The first-order valence-corrected chi connectivity index (χ1v) is 12.0. The summed E-state index contributed by atoms with van der Waals surface area (Å²) in [5.74, 6) is -0.305. The van der Waals surface area contributed by atoms with E-state index in [0.29, 0.717) is 11.3 Å². The van der Waals surface area contributed by atoms with Crippen molar-refractivity contribution in [3.63, 3.8) is 0 Å². The third-order valence-electron chi connectivity index (χ3n) is 6.61. The second kappa shape index (κ2) is 10.3. The van der Waals surface area contributed by atoms with Gasteiger partial charge >= 0.3 is 0 Å². The SMILES string of the molecule is Nc1nc2c(nc(N/N=C\c3ccc(N4CCCCC4)c([N+](=O)[O-])c3)n2[C@@H]2O[C@H](CO)[C@@H](O)[C@H]2O)c(=O)[nH]1. The zero-order chi connectivity index (χ0) is 27.0. The van der Waals surface area contributed by atoms with Gasteiger partial charge in [0.1, 0.15) is 24.0 Å². The molecule has 4 atom stereocenters. The first kappa shape index (κ1) is 25.5. The van der Waals surface area contributed by atoms with Crippen LogP contribution >= 0.6 is 0 Å². The highest BCUT2D eigenvalue weighted by atomic mass is 16.6. The van der Waals surface area contributed by atoms with Crippen LogP contribution in [0.15, 0.2) is 28.1 Å². The third-order valence-corrected chi connectivity index (χ3v) is 6.61. The van der Waals surface area contributed by atoms with Crippen LogP contribution in [0.25, 0.3) is 11.2 Å². The lowest BCUT2D eigenvalue weighted by Crippen LogP contribution is -2.33. The fourth-order valence-corrected chi connectivity index (χ4v) is 4.75. The molecule has 0 aliphatic carbocycles. The summed E-state index contributed by atoms with van der Waals surface area (Å²) in [4.78, 5) is 36.3. The van der Waals surface area contributed by atoms with Crippen LogP contribution < -0.4 is 21.6 Å². The number of aliphatic hydroxyl groups excluding tert-OH is 3. The largest absolute Gasteiger partial charge is 0.394 e. The molecule has 0 spiro atoms. The molecular formula is C22H27N9O7. The van der Waals surface area contributed by atoms with Crippen LogP contribution in [0.5, 0.6) is 0 Å². The van der Waals surface area contributed by atoms with Crippen LogP contribution in [0.2, 0.25) is 0 Å². The minimum atomic E-state index is -1.50. The summed E-state index contributed by atoms with van der Waals surface area (Å²) in [6.07, 6.45) is -0.917. The van der Waals surface area contributed by atoms with E-state index in [1.165, 1.54) is 16.8 Å². The number of nitro groups is 1. The summed E-state index contributed by atoms with van der Waals surface area (Å²) in [5.41, 5.74) is 8.41. The molecule has 5 rings (SSSR count). The molecule has 38 heavy (non-hydrogen) atoms. The molecule has 4 heterocycles. The monoisotopic (exact) mass is 529 g/mol. The number of hydrogen-bond acceptors (Lipinski definition) is 13. The maximum Gasteiger partial charge on any atom is 0.293 e. The van der Waals surface area contributed by atoms with Crippen LogP contribution in [-0.4, -0.2) is 84.0 Å². The van der Waals surface area contributed by atoms with Crippen molar-refractivity contribution in [2.24, 2.45) is 5.10 Å². The van der Waals surface area contributed by atoms with E-state index in [1.54, 1.807) is 12.1 Å². The van der Waals surface area contributed by atoms with Gasteiger partial charge in [-0.05, 0) is 25.3 Å². The Balaban J connectivity index is 1.47. The number of rotatable bonds is 7. The number of aliphatic hydroxyl groups is 3. The van der Waals surface area contributed by atoms with E-state index >= 15 is 0 Å². The molecule has 0 bridgehead atoms. The van der Waals surface area contributed by atoms with E-state index in [1.807, 2.05) is 4.90 Å². The minimum Gasteiger partial charge on any atom is -0.394 e. The highest BCUT2D eigenvalue weighted by molar-refractivity contribution is 5.84. The lowest BCUT2D eigenvalue weighted by Gasteiger charge is -2.28. The van der Waals surface area contributed by atoms with Gasteiger partial charge in [-0.25, -0.2) is 10.4 Å². The number of benzene rings is 1. The minimum absolute atomic E-state index is 0.0409. The summed E-state index contributed by atoms with van der Waals surface area (Å²) < 4.78 is 6.79. The number of ether oxygens (including phenoxy) is 1. The van der Waals surface area contributed by atoms with Crippen LogP contribution in [0, 0.1) is 10.1 Å². The second-order valence-electron chi connectivity index (χ2n) is 9.08. The van der Waals surface area contributed by atoms with Crippen LogP contribution in [0.1, 0.15) is 31.1 Å². The van der Waals surface area contributed by atoms with E-state index in [2.05, 4.69) is 25.5 Å². The third kappa shape index (κ3) is 4.65. The molecule has 0 radical (unpaired) electrons. The Labute approximate surface area is 214 Å². The van der Waals surface area contributed by atoms with Gasteiger partial charge in [-0.15, -0.1) is 0 Å². The Morgan fingerprint density at radius 3 is 2.71 bits per heavy atom. The number of anilines is 3. The van der Waals surface area contributed by atoms with Gasteiger partial charge in [0, 0.05) is 24.7 Å². The molecule has 2 aliphatic heterocycles. The molecule has 0 unspecified atom stereocenters. The summed E-state index contributed by atoms with van der Waals surface area (Å²) in [7, 11) is 0. The van der Waals surface area contributed by atoms with Gasteiger partial charge in [-0.2, -0.15) is 10.1 Å². The number of fused-ring (bicyclic) bond motifs is 1. The molecule has 202 valence electrons. The molecule has 0 amide bonds. The normalized spacial score (nSPS) is 23.9. The van der Waals surface area contributed by atoms with Crippen molar-refractivity contribution in [3.05, 3.63) is 44.2 Å². The van der Waals surface area contributed by atoms with Gasteiger partial charge in [0.15, 0.2) is 17.4 Å². The summed E-state index contributed by atoms with van der Waals surface area (Å²) >= 11 is 0. The molecule has 2 aliphatic rings. The number of nitro benzene ring substituents is 1. The van der Waals surface area contributed by atoms with Crippen molar-refractivity contribution in [1.29, 1.82) is 0 Å². The molecule has 2 fully saturated rings. The van der Waals surface area contributed by atoms with Crippen molar-refractivity contribution in [3.8, 4) is 0 Å². The van der Waals surface area contributed by atoms with E-state index in [-0.39, 0.29) is 28.7 Å². The standard InChI is InChI=1S/C22H27N9O7/c23-21-26-18-15(19(35)27-21)25-22(30(18)20-17(34)16(33)14(10-32)38-20)28-24-9-11-4-5-12(13(8-11)31(36)37)29-6-2-1-3-7-29/h4-5,8-9,14,16-17,20,32-34H,1-3,6-7,10H2,(H,25,28)(H3,23,26,27,35)/b24-9-/t14-,16-,17-,20-/m1/s1. The molecule has 16 nitrogen and oxygen atoms in total. The zero-order valence-electron chi connectivity index (χ0n) is 20.1. The smallest absolute Gasteiger partial charge is 0.293 e. The lowest BCUT2D eigenvalue weighted by atomic mass is 10.1. The number of aromatic amines is 1. The molecule has 16 heteroatoms. The highest BCUT2D eigenvalue weighted by Gasteiger charge is 2.45. The Morgan fingerprint density at radius 2 is 2.03 bits per heavy atom. The van der Waals surface area contributed by atoms with Gasteiger partial charge < -0.3 is 30.7 Å². The van der Waals surface area contributed by atoms with E-state index < -0.39 is 41.6 Å². The number of nitrogen functional groups attached to an aromatic ring is 1. The average Bonchev–Trinajstić information content (AvgIpc) is 3.40. The lowest BCUT2D eigenvalue weighted by molar-refractivity contribution is -0.384. The van der Waals surface area contributed by atoms with Gasteiger partial charge in [0.25, 0.3) is 11.2 Å². The molecular weight excluding hydrogens is 502 g/mol. The summed E-state index contributed by atoms with van der Waals surface area (Å²) in [5, 5.41) is 46.1. The summed E-state index contributed by atoms with van der Waals surface area (Å²) in [6.45, 7) is 0.944. The number of hydrogen-bond donors (Lipinski definition) is 6. The van der Waals surface area contributed by atoms with Crippen LogP contribution in [-0.2, 0) is 4.74 Å². The van der Waals surface area contributed by atoms with Crippen molar-refractivity contribution >= 4 is 40.6 Å². The van der Waals surface area contributed by atoms with Gasteiger partial charge in [-0.3, -0.25) is 24.5 Å². The zero-order valence-corrected chi connectivity index (χ0v) is 20.1. The van der Waals surface area contributed by atoms with E-state index in [9.17, 15) is 30.2 Å². The maximum atomic E-state index is 12.4. The predicted octanol–water partition coefficient (Wildman–Crippen LogP) is -0.342. The number of piperidine rings is 1. The first-order valence-electron chi connectivity index (χ1n) is 12.0. The second-order valence-corrected chi connectivity index (χ2v) is 9.08. The number of nitrogens with zero attached hydrogens (tertiary/aromatic N) is 6. The number of hydrazone groups is 1. The van der Waals surface area contributed by atoms with Gasteiger partial charge in [-0.1, -0.05) is 6.07 Å². The van der Waals surface area contributed by atoms with Crippen molar-refractivity contribution < 1.29 is 25.0 Å². The quantitative estimate of drug-likeness (QED) is 0.131. The molecule has 3 aromatic rings. The summed E-state index contributed by atoms with van der Waals surface area (Å²) in [6, 6.07) is 4.80. The van der Waals surface area contributed by atoms with Crippen LogP contribution in [0.3, 0.4) is 0 Å². The molecule has 2 aromatic heterocycles. The average molecular weight is 530 g/mol. The Morgan fingerprint density at radius 1 is 1.26 bits per heavy atom. The van der Waals surface area contributed by atoms with Crippen molar-refractivity contribution in [1.82, 2.24) is 19.5 Å². The predicted molar refractivity (Wildman–Crippen MR) is 136 cm³/mol. The molecule has 7 N–H and O–H groups in total. The van der Waals surface area contributed by atoms with Crippen LogP contribution in [0.4, 0.5) is 23.3 Å². The number of nitrogens with two attached hydrogens (primary N) is 1. The highest BCUT2D eigenvalue weighted by Crippen LogP contribution is 2.34. The molecule has 0 saturated carbocycles. The fraction of sp³-hybridized carbons (Fsp3) is 0.455. The number of nitrogens with one attached hydrogen (secondary N) is 2. The number of H-pyrrole nitrogens is 1. The Kier molecular flexibility index (Phi) is 6.94. The number of aromatic nitrogens is 4. The van der Waals surface area contributed by atoms with Crippen molar-refractivity contribution in [2.45, 2.75) is 43.8 Å². The number of imidazole rings is 1. The molecule has 2 saturated heterocycles. The fourth-order valence-electron chi connectivity index (χ4n) is 4.75. The Bertz CT molecular complexity index is 1430. The van der Waals surface area contributed by atoms with E-state index in [0.717, 1.165) is 32.4 Å².